The van der Waals surface area contributed by atoms with Crippen molar-refractivity contribution in [1.29, 1.82) is 0 Å². The molecule has 0 radical (unpaired) electrons. The maximum atomic E-state index is 12.1. The van der Waals surface area contributed by atoms with E-state index in [1.54, 1.807) is 7.05 Å². The van der Waals surface area contributed by atoms with Crippen LogP contribution in [0.2, 0.25) is 0 Å². The summed E-state index contributed by atoms with van der Waals surface area (Å²) in [7, 11) is 1.60. The smallest absolute Gasteiger partial charge is 0.335 e. The lowest BCUT2D eigenvalue weighted by Crippen LogP contribution is -2.29. The van der Waals surface area contributed by atoms with Gasteiger partial charge in [0.05, 0.1) is 5.56 Å². The molecule has 1 N–H and O–H groups in total. The average Bonchev–Trinajstić information content (AvgIpc) is 2.55. The molecule has 1 amide bonds. The Morgan fingerprint density at radius 2 is 1.75 bits per heavy atom. The third kappa shape index (κ3) is 4.95. The Morgan fingerprint density at radius 3 is 2.42 bits per heavy atom. The van der Waals surface area contributed by atoms with E-state index in [1.165, 1.54) is 29.2 Å². The Kier molecular flexibility index (Phi) is 5.68. The number of amides is 1. The minimum absolute atomic E-state index is 0.00724. The van der Waals surface area contributed by atoms with E-state index in [2.05, 4.69) is 0 Å². The predicted molar refractivity (Wildman–Crippen MR) is 86.6 cm³/mol. The van der Waals surface area contributed by atoms with Gasteiger partial charge >= 0.3 is 11.9 Å². The molecule has 0 saturated heterocycles. The molecule has 0 aliphatic heterocycles. The summed E-state index contributed by atoms with van der Waals surface area (Å²) in [5.41, 5.74) is 0.962. The summed E-state index contributed by atoms with van der Waals surface area (Å²) in [6.45, 7) is 0.390. The fraction of sp³-hybridized carbons (Fsp3) is 0.167. The van der Waals surface area contributed by atoms with Crippen LogP contribution in [0.3, 0.4) is 0 Å². The summed E-state index contributed by atoms with van der Waals surface area (Å²) >= 11 is 0. The van der Waals surface area contributed by atoms with Crippen LogP contribution in [0.15, 0.2) is 54.6 Å². The Hall–Kier alpha value is -3.15. The molecule has 0 bridgehead atoms. The van der Waals surface area contributed by atoms with Crippen LogP contribution >= 0.6 is 0 Å². The third-order valence-electron chi connectivity index (χ3n) is 3.30. The number of hydrogen-bond donors (Lipinski definition) is 1. The molecule has 0 spiro atoms. The molecule has 0 fully saturated rings. The molecule has 124 valence electrons. The van der Waals surface area contributed by atoms with Crippen LogP contribution in [0.4, 0.5) is 0 Å². The quantitative estimate of drug-likeness (QED) is 0.500. The molecule has 0 heterocycles. The molecule has 0 unspecified atom stereocenters. The van der Waals surface area contributed by atoms with Crippen molar-refractivity contribution in [2.24, 2.45) is 0 Å². The van der Waals surface area contributed by atoms with Crippen LogP contribution in [0.5, 0.6) is 5.75 Å². The lowest BCUT2D eigenvalue weighted by molar-refractivity contribution is -0.142. The van der Waals surface area contributed by atoms with Crippen LogP contribution in [0, 0.1) is 0 Å². The van der Waals surface area contributed by atoms with Crippen LogP contribution in [0.25, 0.3) is 0 Å². The van der Waals surface area contributed by atoms with Gasteiger partial charge < -0.3 is 14.7 Å². The molecule has 6 nitrogen and oxygen atoms in total. The Morgan fingerprint density at radius 1 is 1.04 bits per heavy atom. The first kappa shape index (κ1) is 17.2. The highest BCUT2D eigenvalue weighted by molar-refractivity contribution is 5.95. The summed E-state index contributed by atoms with van der Waals surface area (Å²) in [6.07, 6.45) is -0.416. The largest absolute Gasteiger partial charge is 0.478 e. The lowest BCUT2D eigenvalue weighted by atomic mass is 10.2. The highest BCUT2D eigenvalue weighted by Gasteiger charge is 2.16. The van der Waals surface area contributed by atoms with Gasteiger partial charge in [0.1, 0.15) is 12.2 Å². The third-order valence-corrected chi connectivity index (χ3v) is 3.30. The molecule has 0 saturated carbocycles. The molecule has 2 rings (SSSR count). The molecule has 6 heteroatoms. The highest BCUT2D eigenvalue weighted by Crippen LogP contribution is 2.14. The average molecular weight is 327 g/mol. The fourth-order valence-corrected chi connectivity index (χ4v) is 2.06. The Labute approximate surface area is 139 Å². The minimum atomic E-state index is -1.12. The number of hydrogen-bond acceptors (Lipinski definition) is 4. The van der Waals surface area contributed by atoms with Crippen LogP contribution in [-0.2, 0) is 16.1 Å². The second-order valence-electron chi connectivity index (χ2n) is 5.22. The molecule has 0 aliphatic rings. The van der Waals surface area contributed by atoms with Crippen molar-refractivity contribution in [3.8, 4) is 5.75 Å². The van der Waals surface area contributed by atoms with Gasteiger partial charge in [-0.05, 0) is 23.8 Å². The van der Waals surface area contributed by atoms with E-state index in [4.69, 9.17) is 9.84 Å². The van der Waals surface area contributed by atoms with Gasteiger partial charge in [-0.1, -0.05) is 36.4 Å². The molecule has 0 aliphatic carbocycles. The van der Waals surface area contributed by atoms with Crippen molar-refractivity contribution < 1.29 is 24.2 Å². The number of carbonyl (C=O) groups is 3. The molecular formula is C18H17NO5. The van der Waals surface area contributed by atoms with E-state index in [0.717, 1.165) is 5.56 Å². The lowest BCUT2D eigenvalue weighted by Gasteiger charge is -2.16. The first-order chi connectivity index (χ1) is 11.5. The van der Waals surface area contributed by atoms with Crippen molar-refractivity contribution in [1.82, 2.24) is 4.90 Å². The Bertz CT molecular complexity index is 742. The molecule has 0 aromatic heterocycles. The van der Waals surface area contributed by atoms with Crippen molar-refractivity contribution in [2.45, 2.75) is 13.0 Å². The highest BCUT2D eigenvalue weighted by atomic mass is 16.5. The van der Waals surface area contributed by atoms with Crippen molar-refractivity contribution in [3.05, 3.63) is 65.7 Å². The van der Waals surface area contributed by atoms with Crippen molar-refractivity contribution in [3.63, 3.8) is 0 Å². The van der Waals surface area contributed by atoms with Crippen LogP contribution < -0.4 is 4.74 Å². The normalized spacial score (nSPS) is 10.0. The number of aromatic carboxylic acids is 1. The summed E-state index contributed by atoms with van der Waals surface area (Å²) < 4.78 is 5.03. The van der Waals surface area contributed by atoms with E-state index in [9.17, 15) is 14.4 Å². The monoisotopic (exact) mass is 327 g/mol. The van der Waals surface area contributed by atoms with E-state index in [-0.39, 0.29) is 17.2 Å². The minimum Gasteiger partial charge on any atom is -0.478 e. The van der Waals surface area contributed by atoms with Gasteiger partial charge in [0.2, 0.25) is 5.91 Å². The zero-order valence-electron chi connectivity index (χ0n) is 13.1. The number of carboxylic acid groups (broad SMARTS) is 1. The zero-order valence-corrected chi connectivity index (χ0v) is 13.1. The first-order valence-electron chi connectivity index (χ1n) is 7.27. The zero-order chi connectivity index (χ0) is 17.5. The molecule has 24 heavy (non-hydrogen) atoms. The topological polar surface area (TPSA) is 83.9 Å². The van der Waals surface area contributed by atoms with E-state index in [0.29, 0.717) is 6.54 Å². The van der Waals surface area contributed by atoms with Gasteiger partial charge in [0, 0.05) is 13.6 Å². The number of carbonyl (C=O) groups excluding carboxylic acids is 2. The number of carboxylic acids is 1. The van der Waals surface area contributed by atoms with E-state index in [1.807, 2.05) is 30.3 Å². The summed E-state index contributed by atoms with van der Waals surface area (Å²) in [4.78, 5) is 36.2. The standard InChI is InChI=1S/C18H17NO5/c1-19(12-13-6-3-2-4-7-13)16(20)11-17(21)24-15-9-5-8-14(10-15)18(22)23/h2-10H,11-12H2,1H3,(H,22,23). The molecular weight excluding hydrogens is 310 g/mol. The number of rotatable bonds is 6. The molecule has 0 atom stereocenters. The first-order valence-corrected chi connectivity index (χ1v) is 7.27. The maximum absolute atomic E-state index is 12.1. The van der Waals surface area contributed by atoms with Crippen LogP contribution in [0.1, 0.15) is 22.3 Å². The van der Waals surface area contributed by atoms with Gasteiger partial charge in [-0.15, -0.1) is 0 Å². The maximum Gasteiger partial charge on any atom is 0.335 e. The SMILES string of the molecule is CN(Cc1ccccc1)C(=O)CC(=O)Oc1cccc(C(=O)O)c1. The fourth-order valence-electron chi connectivity index (χ4n) is 2.06. The molecule has 2 aromatic carbocycles. The number of ether oxygens (including phenoxy) is 1. The number of nitrogens with zero attached hydrogens (tertiary/aromatic N) is 1. The second-order valence-corrected chi connectivity index (χ2v) is 5.22. The summed E-state index contributed by atoms with van der Waals surface area (Å²) in [5.74, 6) is -2.13. The van der Waals surface area contributed by atoms with Crippen LogP contribution in [-0.4, -0.2) is 34.9 Å². The number of benzene rings is 2. The summed E-state index contributed by atoms with van der Waals surface area (Å²) in [6, 6.07) is 15.0. The summed E-state index contributed by atoms with van der Waals surface area (Å²) in [5, 5.41) is 8.90. The van der Waals surface area contributed by atoms with E-state index < -0.39 is 18.4 Å². The predicted octanol–water partition coefficient (Wildman–Crippen LogP) is 2.34. The van der Waals surface area contributed by atoms with Gasteiger partial charge in [0.25, 0.3) is 0 Å². The molecule has 2 aromatic rings. The van der Waals surface area contributed by atoms with Crippen molar-refractivity contribution in [2.75, 3.05) is 7.05 Å². The second kappa shape index (κ2) is 7.92. The number of esters is 1. The Balaban J connectivity index is 1.90. The van der Waals surface area contributed by atoms with Gasteiger partial charge in [-0.2, -0.15) is 0 Å². The van der Waals surface area contributed by atoms with Gasteiger partial charge in [-0.25, -0.2) is 4.79 Å². The van der Waals surface area contributed by atoms with Crippen molar-refractivity contribution >= 4 is 17.8 Å². The van der Waals surface area contributed by atoms with Gasteiger partial charge in [-0.3, -0.25) is 9.59 Å². The van der Waals surface area contributed by atoms with Gasteiger partial charge in [0.15, 0.2) is 0 Å². The van der Waals surface area contributed by atoms with E-state index >= 15 is 0 Å².